The van der Waals surface area contributed by atoms with Crippen molar-refractivity contribution in [3.05, 3.63) is 104 Å². The first-order valence-electron chi connectivity index (χ1n) is 12.7. The Morgan fingerprint density at radius 2 is 1.63 bits per heavy atom. The molecule has 0 spiro atoms. The third-order valence-corrected chi connectivity index (χ3v) is 7.74. The van der Waals surface area contributed by atoms with Gasteiger partial charge in [0.2, 0.25) is 5.91 Å². The molecule has 1 amide bonds. The molecule has 0 fully saturated rings. The van der Waals surface area contributed by atoms with E-state index in [1.807, 2.05) is 36.4 Å². The molecule has 0 bridgehead atoms. The highest BCUT2D eigenvalue weighted by atomic mass is 32.1. The summed E-state index contributed by atoms with van der Waals surface area (Å²) in [7, 11) is 1.72. The maximum Gasteiger partial charge on any atom is 0.348 e. The number of nitrogens with one attached hydrogen (secondary N) is 1. The first-order chi connectivity index (χ1) is 19.8. The van der Waals surface area contributed by atoms with Gasteiger partial charge in [-0.2, -0.15) is 0 Å². The van der Waals surface area contributed by atoms with Crippen LogP contribution in [0.4, 0.5) is 5.69 Å². The largest absolute Gasteiger partial charge is 0.490 e. The summed E-state index contributed by atoms with van der Waals surface area (Å²) in [6, 6.07) is 18.2. The number of fused-ring (bicyclic) bond motifs is 1. The van der Waals surface area contributed by atoms with Gasteiger partial charge in [0.05, 0.1) is 23.1 Å². The van der Waals surface area contributed by atoms with Crippen molar-refractivity contribution >= 4 is 39.1 Å². The van der Waals surface area contributed by atoms with Crippen molar-refractivity contribution in [2.45, 2.75) is 20.4 Å². The summed E-state index contributed by atoms with van der Waals surface area (Å²) in [5.41, 5.74) is 0.889. The average Bonchev–Trinajstić information content (AvgIpc) is 3.42. The first-order valence-corrected chi connectivity index (χ1v) is 13.5. The number of esters is 1. The minimum absolute atomic E-state index is 0.0319. The number of amides is 1. The van der Waals surface area contributed by atoms with Crippen LogP contribution in [0.15, 0.2) is 76.6 Å². The summed E-state index contributed by atoms with van der Waals surface area (Å²) in [5, 5.41) is 2.88. The highest BCUT2D eigenvalue weighted by molar-refractivity contribution is 7.20. The number of aryl methyl sites for hydroxylation is 1. The van der Waals surface area contributed by atoms with Gasteiger partial charge < -0.3 is 14.8 Å². The predicted octanol–water partition coefficient (Wildman–Crippen LogP) is 3.44. The molecule has 1 N–H and O–H groups in total. The van der Waals surface area contributed by atoms with E-state index in [1.54, 1.807) is 49.8 Å². The van der Waals surface area contributed by atoms with Crippen molar-refractivity contribution in [1.29, 1.82) is 0 Å². The summed E-state index contributed by atoms with van der Waals surface area (Å²) in [6.07, 6.45) is 1.25. The van der Waals surface area contributed by atoms with Crippen LogP contribution in [0.1, 0.15) is 20.9 Å². The molecule has 0 atom stereocenters. The Kier molecular flexibility index (Phi) is 7.83. The van der Waals surface area contributed by atoms with Crippen LogP contribution in [0.25, 0.3) is 15.9 Å². The minimum atomic E-state index is -0.583. The van der Waals surface area contributed by atoms with Gasteiger partial charge in [0.25, 0.3) is 11.1 Å². The van der Waals surface area contributed by atoms with Gasteiger partial charge in [0, 0.05) is 7.05 Å². The zero-order valence-corrected chi connectivity index (χ0v) is 23.4. The SMILES string of the molecule is Cc1c(C(=O)OCCOc2ccccc2)sc2ncn(CC(=O)Nc3c(C)n(C)n(-c4ccccc4)c3=O)c(=O)c12. The first kappa shape index (κ1) is 27.6. The third kappa shape index (κ3) is 5.54. The smallest absolute Gasteiger partial charge is 0.348 e. The number of carbonyl (C=O) groups is 2. The van der Waals surface area contributed by atoms with Crippen LogP contribution in [0, 0.1) is 13.8 Å². The molecule has 5 aromatic rings. The maximum atomic E-state index is 13.3. The Bertz CT molecular complexity index is 1850. The number of hydrogen-bond donors (Lipinski definition) is 1. The lowest BCUT2D eigenvalue weighted by molar-refractivity contribution is -0.116. The summed E-state index contributed by atoms with van der Waals surface area (Å²) in [6.45, 7) is 3.20. The van der Waals surface area contributed by atoms with E-state index in [4.69, 9.17) is 9.47 Å². The molecule has 210 valence electrons. The van der Waals surface area contributed by atoms with Crippen molar-refractivity contribution in [1.82, 2.24) is 18.9 Å². The topological polar surface area (TPSA) is 126 Å². The summed E-state index contributed by atoms with van der Waals surface area (Å²) < 4.78 is 15.1. The number of thiophene rings is 1. The van der Waals surface area contributed by atoms with Gasteiger partial charge in [-0.15, -0.1) is 11.3 Å². The van der Waals surface area contributed by atoms with Gasteiger partial charge in [-0.05, 0) is 43.7 Å². The monoisotopic (exact) mass is 573 g/mol. The van der Waals surface area contributed by atoms with Crippen LogP contribution in [-0.4, -0.2) is 44.0 Å². The molecule has 11 nitrogen and oxygen atoms in total. The fourth-order valence-electron chi connectivity index (χ4n) is 4.39. The van der Waals surface area contributed by atoms with Crippen LogP contribution >= 0.6 is 11.3 Å². The van der Waals surface area contributed by atoms with E-state index in [1.165, 1.54) is 11.0 Å². The second-order valence-electron chi connectivity index (χ2n) is 9.20. The van der Waals surface area contributed by atoms with E-state index < -0.39 is 23.0 Å². The van der Waals surface area contributed by atoms with Crippen LogP contribution in [0.2, 0.25) is 0 Å². The minimum Gasteiger partial charge on any atom is -0.490 e. The molecule has 0 aliphatic carbocycles. The van der Waals surface area contributed by atoms with Crippen molar-refractivity contribution in [3.63, 3.8) is 0 Å². The summed E-state index contributed by atoms with van der Waals surface area (Å²) >= 11 is 1.05. The van der Waals surface area contributed by atoms with Crippen LogP contribution in [-0.2, 0) is 23.1 Å². The van der Waals surface area contributed by atoms with E-state index in [2.05, 4.69) is 10.3 Å². The number of carbonyl (C=O) groups excluding carboxylic acids is 2. The van der Waals surface area contributed by atoms with Crippen LogP contribution in [0.5, 0.6) is 5.75 Å². The molecule has 0 radical (unpaired) electrons. The number of para-hydroxylation sites is 2. The number of rotatable bonds is 9. The van der Waals surface area contributed by atoms with Gasteiger partial charge in [-0.1, -0.05) is 36.4 Å². The fourth-order valence-corrected chi connectivity index (χ4v) is 5.42. The van der Waals surface area contributed by atoms with Crippen molar-refractivity contribution in [2.24, 2.45) is 7.05 Å². The highest BCUT2D eigenvalue weighted by Gasteiger charge is 2.22. The van der Waals surface area contributed by atoms with Gasteiger partial charge in [0.15, 0.2) is 0 Å². The van der Waals surface area contributed by atoms with E-state index in [-0.39, 0.29) is 35.7 Å². The van der Waals surface area contributed by atoms with Gasteiger partial charge in [-0.3, -0.25) is 23.6 Å². The van der Waals surface area contributed by atoms with Crippen molar-refractivity contribution < 1.29 is 19.1 Å². The molecular weight excluding hydrogens is 546 g/mol. The number of aromatic nitrogens is 4. The molecule has 3 aromatic heterocycles. The van der Waals surface area contributed by atoms with Gasteiger partial charge in [0.1, 0.15) is 40.9 Å². The van der Waals surface area contributed by atoms with Gasteiger partial charge in [-0.25, -0.2) is 14.5 Å². The number of ether oxygens (including phenoxy) is 2. The average molecular weight is 574 g/mol. The van der Waals surface area contributed by atoms with E-state index in [0.717, 1.165) is 15.9 Å². The molecule has 0 unspecified atom stereocenters. The summed E-state index contributed by atoms with van der Waals surface area (Å²) in [4.78, 5) is 57.0. The maximum absolute atomic E-state index is 13.3. The predicted molar refractivity (Wildman–Crippen MR) is 155 cm³/mol. The van der Waals surface area contributed by atoms with Crippen LogP contribution in [0.3, 0.4) is 0 Å². The molecule has 12 heteroatoms. The van der Waals surface area contributed by atoms with Crippen molar-refractivity contribution in [3.8, 4) is 11.4 Å². The lowest BCUT2D eigenvalue weighted by atomic mass is 10.2. The van der Waals surface area contributed by atoms with Crippen LogP contribution < -0.4 is 21.2 Å². The van der Waals surface area contributed by atoms with E-state index >= 15 is 0 Å². The standard InChI is InChI=1S/C29H27N5O6S/c1-18-23-26(41-25(18)29(38)40-15-14-39-21-12-8-5-9-13-21)30-17-33(27(23)36)16-22(35)31-24-19(2)32(3)34(28(24)37)20-10-6-4-7-11-20/h4-13,17H,14-16H2,1-3H3,(H,31,35). The summed E-state index contributed by atoms with van der Waals surface area (Å²) in [5.74, 6) is -0.482. The molecule has 3 heterocycles. The lowest BCUT2D eigenvalue weighted by Gasteiger charge is -2.07. The quantitative estimate of drug-likeness (QED) is 0.211. The van der Waals surface area contributed by atoms with Crippen molar-refractivity contribution in [2.75, 3.05) is 18.5 Å². The Balaban J connectivity index is 1.30. The number of benzene rings is 2. The Labute approximate surface area is 238 Å². The molecule has 0 aliphatic rings. The molecule has 41 heavy (non-hydrogen) atoms. The molecule has 0 aliphatic heterocycles. The molecule has 0 saturated carbocycles. The normalized spacial score (nSPS) is 11.0. The zero-order chi connectivity index (χ0) is 29.1. The molecule has 2 aromatic carbocycles. The number of hydrogen-bond acceptors (Lipinski definition) is 8. The second-order valence-corrected chi connectivity index (χ2v) is 10.2. The molecule has 5 rings (SSSR count). The second kappa shape index (κ2) is 11.6. The Morgan fingerprint density at radius 3 is 2.34 bits per heavy atom. The zero-order valence-electron chi connectivity index (χ0n) is 22.6. The number of anilines is 1. The van der Waals surface area contributed by atoms with Gasteiger partial charge >= 0.3 is 5.97 Å². The number of nitrogens with zero attached hydrogens (tertiary/aromatic N) is 4. The molecular formula is C29H27N5O6S. The lowest BCUT2D eigenvalue weighted by Crippen LogP contribution is -2.29. The van der Waals surface area contributed by atoms with E-state index in [0.29, 0.717) is 27.5 Å². The van der Waals surface area contributed by atoms with E-state index in [9.17, 15) is 19.2 Å². The molecule has 0 saturated heterocycles. The fraction of sp³-hybridized carbons (Fsp3) is 0.207. The Morgan fingerprint density at radius 1 is 0.951 bits per heavy atom. The third-order valence-electron chi connectivity index (χ3n) is 6.56. The Hall–Kier alpha value is -4.97. The highest BCUT2D eigenvalue weighted by Crippen LogP contribution is 2.27.